The maximum absolute atomic E-state index is 5.83. The summed E-state index contributed by atoms with van der Waals surface area (Å²) in [5, 5.41) is 3.57. The lowest BCUT2D eigenvalue weighted by molar-refractivity contribution is 0.237. The van der Waals surface area contributed by atoms with E-state index in [1.807, 2.05) is 25.1 Å². The summed E-state index contributed by atoms with van der Waals surface area (Å²) < 4.78 is 16.7. The predicted molar refractivity (Wildman–Crippen MR) is 90.6 cm³/mol. The average Bonchev–Trinajstić information content (AvgIpc) is 2.60. The molecule has 1 heterocycles. The molecule has 0 bridgehead atoms. The van der Waals surface area contributed by atoms with Crippen LogP contribution >= 0.6 is 0 Å². The zero-order chi connectivity index (χ0) is 16.2. The van der Waals surface area contributed by atoms with Crippen LogP contribution in [0.25, 0.3) is 0 Å². The lowest BCUT2D eigenvalue weighted by Gasteiger charge is -2.26. The Morgan fingerprint density at radius 3 is 2.74 bits per heavy atom. The molecule has 0 amide bonds. The van der Waals surface area contributed by atoms with Crippen molar-refractivity contribution in [2.45, 2.75) is 25.9 Å². The van der Waals surface area contributed by atoms with Crippen molar-refractivity contribution in [2.75, 3.05) is 20.8 Å². The van der Waals surface area contributed by atoms with E-state index in [-0.39, 0.29) is 0 Å². The molecule has 0 saturated carbocycles. The lowest BCUT2D eigenvalue weighted by atomic mass is 10.0. The summed E-state index contributed by atoms with van der Waals surface area (Å²) in [6.45, 7) is 3.44. The number of hydrogen-bond acceptors (Lipinski definition) is 4. The van der Waals surface area contributed by atoms with E-state index in [0.717, 1.165) is 41.3 Å². The standard InChI is InChI=1S/C19H23NO3/c1-13-17(21-2)9-8-15(19(13)22-3)11-20-16-10-14-6-4-5-7-18(14)23-12-16/h4-9,16,20H,10-12H2,1-3H3/t16-/m0/s1. The number of para-hydroxylation sites is 1. The molecule has 1 aliphatic rings. The van der Waals surface area contributed by atoms with E-state index in [1.165, 1.54) is 5.56 Å². The molecule has 0 spiro atoms. The van der Waals surface area contributed by atoms with Crippen LogP contribution in [0.4, 0.5) is 0 Å². The highest BCUT2D eigenvalue weighted by atomic mass is 16.5. The highest BCUT2D eigenvalue weighted by Gasteiger charge is 2.20. The smallest absolute Gasteiger partial charge is 0.129 e. The molecule has 0 aliphatic carbocycles. The van der Waals surface area contributed by atoms with Crippen molar-refractivity contribution in [2.24, 2.45) is 0 Å². The molecule has 2 aromatic rings. The van der Waals surface area contributed by atoms with Gasteiger partial charge in [-0.15, -0.1) is 0 Å². The first-order valence-electron chi connectivity index (χ1n) is 7.87. The summed E-state index contributed by atoms with van der Waals surface area (Å²) in [6, 6.07) is 12.6. The third-order valence-electron chi connectivity index (χ3n) is 4.32. The molecule has 1 aliphatic heterocycles. The van der Waals surface area contributed by atoms with Gasteiger partial charge in [-0.3, -0.25) is 0 Å². The van der Waals surface area contributed by atoms with Gasteiger partial charge in [0.15, 0.2) is 0 Å². The van der Waals surface area contributed by atoms with Gasteiger partial charge >= 0.3 is 0 Å². The van der Waals surface area contributed by atoms with Gasteiger partial charge in [-0.05, 0) is 31.0 Å². The Balaban J connectivity index is 1.69. The molecule has 3 rings (SSSR count). The molecule has 0 radical (unpaired) electrons. The largest absolute Gasteiger partial charge is 0.496 e. The zero-order valence-electron chi connectivity index (χ0n) is 13.9. The summed E-state index contributed by atoms with van der Waals surface area (Å²) in [6.07, 6.45) is 0.980. The molecule has 2 aromatic carbocycles. The first-order chi connectivity index (χ1) is 11.2. The molecule has 4 nitrogen and oxygen atoms in total. The highest BCUT2D eigenvalue weighted by Crippen LogP contribution is 2.31. The summed E-state index contributed by atoms with van der Waals surface area (Å²) in [5.74, 6) is 2.73. The van der Waals surface area contributed by atoms with Gasteiger partial charge in [0.05, 0.1) is 14.2 Å². The Morgan fingerprint density at radius 1 is 1.13 bits per heavy atom. The number of benzene rings is 2. The molecule has 0 aromatic heterocycles. The van der Waals surface area contributed by atoms with Crippen molar-refractivity contribution >= 4 is 0 Å². The Kier molecular flexibility index (Phi) is 4.72. The molecule has 122 valence electrons. The lowest BCUT2D eigenvalue weighted by Crippen LogP contribution is -2.38. The van der Waals surface area contributed by atoms with Crippen LogP contribution in [0.1, 0.15) is 16.7 Å². The Labute approximate surface area is 137 Å². The molecule has 0 fully saturated rings. The first-order valence-corrected chi connectivity index (χ1v) is 7.87. The van der Waals surface area contributed by atoms with Crippen LogP contribution in [0.15, 0.2) is 36.4 Å². The fourth-order valence-corrected chi connectivity index (χ4v) is 3.09. The van der Waals surface area contributed by atoms with Crippen LogP contribution < -0.4 is 19.5 Å². The van der Waals surface area contributed by atoms with Gasteiger partial charge in [0, 0.05) is 23.7 Å². The quantitative estimate of drug-likeness (QED) is 0.921. The normalized spacial score (nSPS) is 16.4. The predicted octanol–water partition coefficient (Wildman–Crippen LogP) is 3.11. The second kappa shape index (κ2) is 6.92. The third kappa shape index (κ3) is 3.27. The van der Waals surface area contributed by atoms with Crippen molar-refractivity contribution in [1.82, 2.24) is 5.32 Å². The van der Waals surface area contributed by atoms with E-state index >= 15 is 0 Å². The Morgan fingerprint density at radius 2 is 1.96 bits per heavy atom. The van der Waals surface area contributed by atoms with Crippen LogP contribution in [0.3, 0.4) is 0 Å². The minimum atomic E-state index is 0.303. The van der Waals surface area contributed by atoms with Crippen molar-refractivity contribution < 1.29 is 14.2 Å². The highest BCUT2D eigenvalue weighted by molar-refractivity contribution is 5.49. The van der Waals surface area contributed by atoms with Crippen molar-refractivity contribution in [3.8, 4) is 17.2 Å². The van der Waals surface area contributed by atoms with Gasteiger partial charge in [0.25, 0.3) is 0 Å². The molecule has 23 heavy (non-hydrogen) atoms. The second-order valence-electron chi connectivity index (χ2n) is 5.79. The number of fused-ring (bicyclic) bond motifs is 1. The van der Waals surface area contributed by atoms with Crippen molar-refractivity contribution in [3.05, 3.63) is 53.1 Å². The van der Waals surface area contributed by atoms with Crippen LogP contribution in [0.5, 0.6) is 17.2 Å². The van der Waals surface area contributed by atoms with Gasteiger partial charge in [-0.2, -0.15) is 0 Å². The maximum atomic E-state index is 5.83. The Bertz CT molecular complexity index is 684. The number of ether oxygens (including phenoxy) is 3. The third-order valence-corrected chi connectivity index (χ3v) is 4.32. The Hall–Kier alpha value is -2.20. The van der Waals surface area contributed by atoms with Gasteiger partial charge in [-0.25, -0.2) is 0 Å². The topological polar surface area (TPSA) is 39.7 Å². The zero-order valence-corrected chi connectivity index (χ0v) is 13.9. The molecule has 1 atom stereocenters. The molecule has 0 unspecified atom stereocenters. The van der Waals surface area contributed by atoms with Gasteiger partial charge < -0.3 is 19.5 Å². The fourth-order valence-electron chi connectivity index (χ4n) is 3.09. The van der Waals surface area contributed by atoms with Gasteiger partial charge in [-0.1, -0.05) is 24.3 Å². The first kappa shape index (κ1) is 15.7. The molecular weight excluding hydrogens is 290 g/mol. The molecule has 4 heteroatoms. The van der Waals surface area contributed by atoms with Crippen LogP contribution in [0, 0.1) is 6.92 Å². The summed E-state index contributed by atoms with van der Waals surface area (Å²) in [7, 11) is 3.38. The summed E-state index contributed by atoms with van der Waals surface area (Å²) in [4.78, 5) is 0. The van der Waals surface area contributed by atoms with Crippen molar-refractivity contribution in [1.29, 1.82) is 0 Å². The number of nitrogens with one attached hydrogen (secondary N) is 1. The van der Waals surface area contributed by atoms with Crippen LogP contribution in [-0.4, -0.2) is 26.9 Å². The van der Waals surface area contributed by atoms with Crippen molar-refractivity contribution in [3.63, 3.8) is 0 Å². The average molecular weight is 313 g/mol. The number of hydrogen-bond donors (Lipinski definition) is 1. The maximum Gasteiger partial charge on any atom is 0.129 e. The van der Waals surface area contributed by atoms with E-state index < -0.39 is 0 Å². The molecule has 1 N–H and O–H groups in total. The van der Waals surface area contributed by atoms with E-state index in [2.05, 4.69) is 23.5 Å². The molecular formula is C19H23NO3. The van der Waals surface area contributed by atoms with E-state index in [1.54, 1.807) is 14.2 Å². The minimum absolute atomic E-state index is 0.303. The summed E-state index contributed by atoms with van der Waals surface area (Å²) in [5.41, 5.74) is 3.42. The second-order valence-corrected chi connectivity index (χ2v) is 5.79. The van der Waals surface area contributed by atoms with E-state index in [0.29, 0.717) is 12.6 Å². The monoisotopic (exact) mass is 313 g/mol. The molecule has 0 saturated heterocycles. The van der Waals surface area contributed by atoms with Crippen LogP contribution in [0.2, 0.25) is 0 Å². The fraction of sp³-hybridized carbons (Fsp3) is 0.368. The summed E-state index contributed by atoms with van der Waals surface area (Å²) >= 11 is 0. The number of rotatable bonds is 5. The van der Waals surface area contributed by atoms with Crippen LogP contribution in [-0.2, 0) is 13.0 Å². The SMILES string of the molecule is COc1ccc(CN[C@@H]2COc3ccccc3C2)c(OC)c1C. The van der Waals surface area contributed by atoms with E-state index in [4.69, 9.17) is 14.2 Å². The minimum Gasteiger partial charge on any atom is -0.496 e. The van der Waals surface area contributed by atoms with Gasteiger partial charge in [0.2, 0.25) is 0 Å². The van der Waals surface area contributed by atoms with Gasteiger partial charge in [0.1, 0.15) is 23.9 Å². The number of methoxy groups -OCH3 is 2. The van der Waals surface area contributed by atoms with E-state index in [9.17, 15) is 0 Å².